The summed E-state index contributed by atoms with van der Waals surface area (Å²) in [6.45, 7) is 2.38. The topological polar surface area (TPSA) is 40.5 Å². The molecule has 1 aliphatic carbocycles. The van der Waals surface area contributed by atoms with E-state index >= 15 is 0 Å². The van der Waals surface area contributed by atoms with Crippen LogP contribution in [0.3, 0.4) is 0 Å². The minimum Gasteiger partial charge on any atom is -0.481 e. The Labute approximate surface area is 118 Å². The number of hydrogen-bond donors (Lipinski definition) is 1. The molecule has 2 aliphatic rings. The summed E-state index contributed by atoms with van der Waals surface area (Å²) in [6.07, 6.45) is 2.42. The lowest BCUT2D eigenvalue weighted by molar-refractivity contribution is -0.142. The van der Waals surface area contributed by atoms with Gasteiger partial charge in [-0.3, -0.25) is 9.69 Å². The molecule has 3 rings (SSSR count). The molecule has 1 saturated carbocycles. The molecule has 2 fully saturated rings. The van der Waals surface area contributed by atoms with E-state index in [1.54, 1.807) is 0 Å². The number of benzene rings is 1. The third kappa shape index (κ3) is 2.93. The zero-order valence-electron chi connectivity index (χ0n) is 10.8. The van der Waals surface area contributed by atoms with Gasteiger partial charge in [-0.25, -0.2) is 0 Å². The molecule has 102 valence electrons. The molecular formula is C15H18ClNO2. The molecule has 0 spiro atoms. The minimum absolute atomic E-state index is 0.188. The summed E-state index contributed by atoms with van der Waals surface area (Å²) < 4.78 is 0. The van der Waals surface area contributed by atoms with Crippen LogP contribution in [0.4, 0.5) is 0 Å². The van der Waals surface area contributed by atoms with E-state index in [4.69, 9.17) is 11.6 Å². The minimum atomic E-state index is -0.634. The summed E-state index contributed by atoms with van der Waals surface area (Å²) in [5, 5.41) is 10.1. The summed E-state index contributed by atoms with van der Waals surface area (Å²) in [6, 6.07) is 7.82. The standard InChI is InChI=1S/C15H18ClNO2/c16-12-3-1-2-10(6-12)7-17-8-13(11-4-5-11)14(9-17)15(18)19/h1-3,6,11,13-14H,4-5,7-9H2,(H,18,19)/t13-,14+/m0/s1. The zero-order valence-corrected chi connectivity index (χ0v) is 11.5. The van der Waals surface area contributed by atoms with Crippen LogP contribution in [0.2, 0.25) is 5.02 Å². The molecule has 4 heteroatoms. The van der Waals surface area contributed by atoms with Crippen molar-refractivity contribution in [2.75, 3.05) is 13.1 Å². The van der Waals surface area contributed by atoms with Crippen molar-refractivity contribution >= 4 is 17.6 Å². The Balaban J connectivity index is 1.68. The van der Waals surface area contributed by atoms with Crippen LogP contribution in [0, 0.1) is 17.8 Å². The van der Waals surface area contributed by atoms with E-state index in [-0.39, 0.29) is 5.92 Å². The van der Waals surface area contributed by atoms with Crippen molar-refractivity contribution in [3.05, 3.63) is 34.9 Å². The first-order valence-electron chi connectivity index (χ1n) is 6.83. The summed E-state index contributed by atoms with van der Waals surface area (Å²) in [7, 11) is 0. The van der Waals surface area contributed by atoms with Gasteiger partial charge in [-0.15, -0.1) is 0 Å². The molecule has 1 aromatic rings. The van der Waals surface area contributed by atoms with Crippen LogP contribution in [0.25, 0.3) is 0 Å². The quantitative estimate of drug-likeness (QED) is 0.921. The van der Waals surface area contributed by atoms with Crippen LogP contribution < -0.4 is 0 Å². The van der Waals surface area contributed by atoms with Gasteiger partial charge in [0, 0.05) is 24.7 Å². The summed E-state index contributed by atoms with van der Waals surface area (Å²) in [5.41, 5.74) is 1.16. The lowest BCUT2D eigenvalue weighted by atomic mass is 9.92. The number of halogens is 1. The number of aliphatic carboxylic acids is 1. The predicted octanol–water partition coefficient (Wildman–Crippen LogP) is 2.88. The van der Waals surface area contributed by atoms with Gasteiger partial charge in [0.15, 0.2) is 0 Å². The van der Waals surface area contributed by atoms with Crippen molar-refractivity contribution in [2.24, 2.45) is 17.8 Å². The summed E-state index contributed by atoms with van der Waals surface area (Å²) >= 11 is 5.99. The molecule has 19 heavy (non-hydrogen) atoms. The molecule has 0 amide bonds. The second-order valence-corrected chi connectivity index (χ2v) is 6.21. The maximum Gasteiger partial charge on any atom is 0.308 e. The van der Waals surface area contributed by atoms with Crippen LogP contribution in [-0.4, -0.2) is 29.1 Å². The highest BCUT2D eigenvalue weighted by molar-refractivity contribution is 6.30. The number of hydrogen-bond acceptors (Lipinski definition) is 2. The van der Waals surface area contributed by atoms with Gasteiger partial charge < -0.3 is 5.11 Å². The van der Waals surface area contributed by atoms with Crippen molar-refractivity contribution in [3.8, 4) is 0 Å². The third-order valence-electron chi connectivity index (χ3n) is 4.28. The third-order valence-corrected chi connectivity index (χ3v) is 4.52. The monoisotopic (exact) mass is 279 g/mol. The van der Waals surface area contributed by atoms with Crippen molar-refractivity contribution in [2.45, 2.75) is 19.4 Å². The molecule has 1 heterocycles. The average Bonchev–Trinajstić information content (AvgIpc) is 3.11. The van der Waals surface area contributed by atoms with Crippen LogP contribution in [0.5, 0.6) is 0 Å². The maximum absolute atomic E-state index is 11.3. The lowest BCUT2D eigenvalue weighted by Gasteiger charge is -2.15. The molecule has 0 radical (unpaired) electrons. The number of rotatable bonds is 4. The molecule has 1 N–H and O–H groups in total. The van der Waals surface area contributed by atoms with Crippen molar-refractivity contribution < 1.29 is 9.90 Å². The Hall–Kier alpha value is -1.06. The lowest BCUT2D eigenvalue weighted by Crippen LogP contribution is -2.24. The van der Waals surface area contributed by atoms with Gasteiger partial charge in [0.2, 0.25) is 0 Å². The van der Waals surface area contributed by atoms with Crippen LogP contribution in [0.15, 0.2) is 24.3 Å². The largest absolute Gasteiger partial charge is 0.481 e. The zero-order chi connectivity index (χ0) is 13.4. The normalized spacial score (nSPS) is 27.6. The predicted molar refractivity (Wildman–Crippen MR) is 74.1 cm³/mol. The fourth-order valence-corrected chi connectivity index (χ4v) is 3.41. The maximum atomic E-state index is 11.3. The molecular weight excluding hydrogens is 262 g/mol. The molecule has 2 atom stereocenters. The van der Waals surface area contributed by atoms with Crippen molar-refractivity contribution in [1.29, 1.82) is 0 Å². The smallest absolute Gasteiger partial charge is 0.308 e. The van der Waals surface area contributed by atoms with Crippen LogP contribution in [-0.2, 0) is 11.3 Å². The average molecular weight is 280 g/mol. The van der Waals surface area contributed by atoms with E-state index in [9.17, 15) is 9.90 Å². The van der Waals surface area contributed by atoms with Gasteiger partial charge in [0.05, 0.1) is 5.92 Å². The van der Waals surface area contributed by atoms with E-state index < -0.39 is 5.97 Å². The van der Waals surface area contributed by atoms with Gasteiger partial charge in [0.1, 0.15) is 0 Å². The molecule has 1 aromatic carbocycles. The van der Waals surface area contributed by atoms with Crippen molar-refractivity contribution in [3.63, 3.8) is 0 Å². The first kappa shape index (κ1) is 12.9. The molecule has 0 unspecified atom stereocenters. The van der Waals surface area contributed by atoms with E-state index in [0.717, 1.165) is 23.7 Å². The first-order valence-corrected chi connectivity index (χ1v) is 7.21. The fourth-order valence-electron chi connectivity index (χ4n) is 3.20. The fraction of sp³-hybridized carbons (Fsp3) is 0.533. The number of carboxylic acids is 1. The number of nitrogens with zero attached hydrogens (tertiary/aromatic N) is 1. The number of carboxylic acid groups (broad SMARTS) is 1. The highest BCUT2D eigenvalue weighted by Crippen LogP contribution is 2.44. The van der Waals surface area contributed by atoms with E-state index in [0.29, 0.717) is 18.4 Å². The van der Waals surface area contributed by atoms with Crippen molar-refractivity contribution in [1.82, 2.24) is 4.90 Å². The molecule has 0 bridgehead atoms. The number of likely N-dealkylation sites (tertiary alicyclic amines) is 1. The van der Waals surface area contributed by atoms with Crippen LogP contribution >= 0.6 is 11.6 Å². The van der Waals surface area contributed by atoms with Gasteiger partial charge in [0.25, 0.3) is 0 Å². The van der Waals surface area contributed by atoms with Gasteiger partial charge in [-0.05, 0) is 42.4 Å². The van der Waals surface area contributed by atoms with E-state index in [1.807, 2.05) is 24.3 Å². The Bertz CT molecular complexity index is 487. The van der Waals surface area contributed by atoms with E-state index in [1.165, 1.54) is 12.8 Å². The highest BCUT2D eigenvalue weighted by atomic mass is 35.5. The highest BCUT2D eigenvalue weighted by Gasteiger charge is 2.45. The Kier molecular flexibility index (Phi) is 3.50. The second-order valence-electron chi connectivity index (χ2n) is 5.77. The number of carbonyl (C=O) groups is 1. The van der Waals surface area contributed by atoms with E-state index in [2.05, 4.69) is 4.90 Å². The molecule has 1 saturated heterocycles. The summed E-state index contributed by atoms with van der Waals surface area (Å²) in [4.78, 5) is 13.6. The molecule has 1 aliphatic heterocycles. The molecule has 0 aromatic heterocycles. The Morgan fingerprint density at radius 2 is 2.16 bits per heavy atom. The van der Waals surface area contributed by atoms with Gasteiger partial charge in [-0.1, -0.05) is 23.7 Å². The van der Waals surface area contributed by atoms with Gasteiger partial charge >= 0.3 is 5.97 Å². The molecule has 3 nitrogen and oxygen atoms in total. The van der Waals surface area contributed by atoms with Gasteiger partial charge in [-0.2, -0.15) is 0 Å². The first-order chi connectivity index (χ1) is 9.13. The summed E-state index contributed by atoms with van der Waals surface area (Å²) in [5.74, 6) is 0.166. The SMILES string of the molecule is O=C(O)[C@@H]1CN(Cc2cccc(Cl)c2)C[C@H]1C1CC1. The van der Waals surface area contributed by atoms with Crippen LogP contribution in [0.1, 0.15) is 18.4 Å². The Morgan fingerprint density at radius 3 is 2.79 bits per heavy atom. The Morgan fingerprint density at radius 1 is 1.37 bits per heavy atom. The second kappa shape index (κ2) is 5.14.